The minimum Gasteiger partial charge on any atom is -0.395 e. The fourth-order valence-corrected chi connectivity index (χ4v) is 0.706. The SMILES string of the molecule is N[C@@H](CO)Cn1cccn1. The first-order valence-electron chi connectivity index (χ1n) is 3.17. The van der Waals surface area contributed by atoms with E-state index in [2.05, 4.69) is 5.10 Å². The van der Waals surface area contributed by atoms with Crippen LogP contribution in [0, 0.1) is 0 Å². The minimum absolute atomic E-state index is 0.000139. The van der Waals surface area contributed by atoms with Crippen molar-refractivity contribution in [2.24, 2.45) is 5.73 Å². The Morgan fingerprint density at radius 2 is 2.50 bits per heavy atom. The lowest BCUT2D eigenvalue weighted by molar-refractivity contribution is 0.250. The van der Waals surface area contributed by atoms with Gasteiger partial charge in [0.1, 0.15) is 0 Å². The van der Waals surface area contributed by atoms with Crippen LogP contribution in [0.2, 0.25) is 0 Å². The van der Waals surface area contributed by atoms with E-state index < -0.39 is 0 Å². The molecule has 0 fully saturated rings. The van der Waals surface area contributed by atoms with Crippen molar-refractivity contribution >= 4 is 0 Å². The highest BCUT2D eigenvalue weighted by Crippen LogP contribution is 1.86. The van der Waals surface area contributed by atoms with Crippen molar-refractivity contribution in [3.8, 4) is 0 Å². The van der Waals surface area contributed by atoms with E-state index in [1.54, 1.807) is 10.9 Å². The van der Waals surface area contributed by atoms with Gasteiger partial charge in [0.2, 0.25) is 0 Å². The fourth-order valence-electron chi connectivity index (χ4n) is 0.706. The average molecular weight is 141 g/mol. The minimum atomic E-state index is -0.208. The zero-order valence-corrected chi connectivity index (χ0v) is 5.64. The Kier molecular flexibility index (Phi) is 2.42. The molecule has 0 radical (unpaired) electrons. The molecule has 1 heterocycles. The van der Waals surface area contributed by atoms with E-state index in [1.807, 2.05) is 12.3 Å². The standard InChI is InChI=1S/C6H11N3O/c7-6(5-10)4-9-3-1-2-8-9/h1-3,6,10H,4-5,7H2/t6-/m1/s1. The summed E-state index contributed by atoms with van der Waals surface area (Å²) in [5.41, 5.74) is 5.45. The third-order valence-corrected chi connectivity index (χ3v) is 1.22. The molecule has 4 heteroatoms. The van der Waals surface area contributed by atoms with Crippen LogP contribution in [0.25, 0.3) is 0 Å². The lowest BCUT2D eigenvalue weighted by Crippen LogP contribution is -2.29. The highest BCUT2D eigenvalue weighted by atomic mass is 16.3. The molecular formula is C6H11N3O. The summed E-state index contributed by atoms with van der Waals surface area (Å²) in [6.45, 7) is 0.573. The summed E-state index contributed by atoms with van der Waals surface area (Å²) in [7, 11) is 0. The van der Waals surface area contributed by atoms with E-state index in [4.69, 9.17) is 10.8 Å². The number of aliphatic hydroxyl groups is 1. The van der Waals surface area contributed by atoms with E-state index in [0.717, 1.165) is 0 Å². The summed E-state index contributed by atoms with van der Waals surface area (Å²) >= 11 is 0. The van der Waals surface area contributed by atoms with Crippen molar-refractivity contribution in [2.75, 3.05) is 6.61 Å². The van der Waals surface area contributed by atoms with Crippen LogP contribution in [0.15, 0.2) is 18.5 Å². The Hall–Kier alpha value is -0.870. The number of hydrogen-bond donors (Lipinski definition) is 2. The first kappa shape index (κ1) is 7.24. The molecule has 1 atom stereocenters. The predicted octanol–water partition coefficient (Wildman–Crippen LogP) is -0.797. The number of aromatic nitrogens is 2. The van der Waals surface area contributed by atoms with Crippen molar-refractivity contribution in [2.45, 2.75) is 12.6 Å². The van der Waals surface area contributed by atoms with Gasteiger partial charge in [-0.15, -0.1) is 0 Å². The normalized spacial score (nSPS) is 13.4. The third-order valence-electron chi connectivity index (χ3n) is 1.22. The van der Waals surface area contributed by atoms with Crippen LogP contribution in [0.5, 0.6) is 0 Å². The zero-order chi connectivity index (χ0) is 7.40. The molecule has 56 valence electrons. The highest BCUT2D eigenvalue weighted by molar-refractivity contribution is 4.78. The topological polar surface area (TPSA) is 64.1 Å². The quantitative estimate of drug-likeness (QED) is 0.579. The molecule has 3 N–H and O–H groups in total. The van der Waals surface area contributed by atoms with Gasteiger partial charge in [-0.05, 0) is 6.07 Å². The number of hydrogen-bond acceptors (Lipinski definition) is 3. The Labute approximate surface area is 59.3 Å². The lowest BCUT2D eigenvalue weighted by Gasteiger charge is -2.06. The van der Waals surface area contributed by atoms with Crippen LogP contribution in [0.3, 0.4) is 0 Å². The molecule has 0 unspecified atom stereocenters. The maximum atomic E-state index is 8.57. The second-order valence-electron chi connectivity index (χ2n) is 2.17. The summed E-state index contributed by atoms with van der Waals surface area (Å²) < 4.78 is 1.70. The number of nitrogens with zero attached hydrogens (tertiary/aromatic N) is 2. The van der Waals surface area contributed by atoms with E-state index in [0.29, 0.717) is 6.54 Å². The monoisotopic (exact) mass is 141 g/mol. The maximum absolute atomic E-state index is 8.57. The zero-order valence-electron chi connectivity index (χ0n) is 5.64. The predicted molar refractivity (Wildman–Crippen MR) is 37.3 cm³/mol. The molecule has 4 nitrogen and oxygen atoms in total. The maximum Gasteiger partial charge on any atom is 0.0600 e. The molecule has 0 aliphatic carbocycles. The molecule has 10 heavy (non-hydrogen) atoms. The van der Waals surface area contributed by atoms with Gasteiger partial charge in [0.05, 0.1) is 13.2 Å². The van der Waals surface area contributed by atoms with Crippen LogP contribution in [-0.2, 0) is 6.54 Å². The number of nitrogens with two attached hydrogens (primary N) is 1. The third kappa shape index (κ3) is 1.82. The molecular weight excluding hydrogens is 130 g/mol. The number of rotatable bonds is 3. The summed E-state index contributed by atoms with van der Waals surface area (Å²) in [6, 6.07) is 1.62. The molecule has 0 amide bonds. The van der Waals surface area contributed by atoms with E-state index in [1.165, 1.54) is 0 Å². The Bertz CT molecular complexity index is 173. The van der Waals surface area contributed by atoms with Gasteiger partial charge >= 0.3 is 0 Å². The molecule has 0 saturated carbocycles. The van der Waals surface area contributed by atoms with Gasteiger partial charge in [-0.2, -0.15) is 5.10 Å². The number of aliphatic hydroxyl groups excluding tert-OH is 1. The summed E-state index contributed by atoms with van der Waals surface area (Å²) in [5, 5.41) is 12.5. The van der Waals surface area contributed by atoms with Gasteiger partial charge in [0.25, 0.3) is 0 Å². The van der Waals surface area contributed by atoms with E-state index in [9.17, 15) is 0 Å². The smallest absolute Gasteiger partial charge is 0.0600 e. The molecule has 1 aromatic heterocycles. The molecule has 0 spiro atoms. The molecule has 0 saturated heterocycles. The van der Waals surface area contributed by atoms with Crippen LogP contribution < -0.4 is 5.73 Å². The molecule has 0 aliphatic heterocycles. The van der Waals surface area contributed by atoms with Crippen LogP contribution in [-0.4, -0.2) is 27.5 Å². The average Bonchev–Trinajstić information content (AvgIpc) is 2.40. The van der Waals surface area contributed by atoms with Gasteiger partial charge in [-0.3, -0.25) is 4.68 Å². The van der Waals surface area contributed by atoms with E-state index >= 15 is 0 Å². The van der Waals surface area contributed by atoms with Crippen molar-refractivity contribution < 1.29 is 5.11 Å². The van der Waals surface area contributed by atoms with Crippen LogP contribution in [0.4, 0.5) is 0 Å². The second-order valence-corrected chi connectivity index (χ2v) is 2.17. The van der Waals surface area contributed by atoms with Crippen molar-refractivity contribution in [1.82, 2.24) is 9.78 Å². The largest absolute Gasteiger partial charge is 0.395 e. The summed E-state index contributed by atoms with van der Waals surface area (Å²) in [6.07, 6.45) is 3.50. The molecule has 0 bridgehead atoms. The van der Waals surface area contributed by atoms with Gasteiger partial charge in [-0.25, -0.2) is 0 Å². The first-order chi connectivity index (χ1) is 4.83. The van der Waals surface area contributed by atoms with Crippen LogP contribution >= 0.6 is 0 Å². The van der Waals surface area contributed by atoms with E-state index in [-0.39, 0.29) is 12.6 Å². The molecule has 1 rings (SSSR count). The Balaban J connectivity index is 2.40. The first-order valence-corrected chi connectivity index (χ1v) is 3.17. The van der Waals surface area contributed by atoms with Crippen LogP contribution in [0.1, 0.15) is 0 Å². The molecule has 0 aromatic carbocycles. The van der Waals surface area contributed by atoms with Gasteiger partial charge in [0.15, 0.2) is 0 Å². The lowest BCUT2D eigenvalue weighted by atomic mass is 10.3. The Morgan fingerprint density at radius 3 is 3.00 bits per heavy atom. The van der Waals surface area contributed by atoms with Gasteiger partial charge < -0.3 is 10.8 Å². The second kappa shape index (κ2) is 3.34. The molecule has 1 aromatic rings. The fraction of sp³-hybridized carbons (Fsp3) is 0.500. The van der Waals surface area contributed by atoms with Crippen molar-refractivity contribution in [1.29, 1.82) is 0 Å². The van der Waals surface area contributed by atoms with Gasteiger partial charge in [0, 0.05) is 18.4 Å². The summed E-state index contributed by atoms with van der Waals surface area (Å²) in [5.74, 6) is 0. The van der Waals surface area contributed by atoms with Crippen molar-refractivity contribution in [3.63, 3.8) is 0 Å². The van der Waals surface area contributed by atoms with Crippen molar-refractivity contribution in [3.05, 3.63) is 18.5 Å². The molecule has 0 aliphatic rings. The Morgan fingerprint density at radius 1 is 1.70 bits per heavy atom. The summed E-state index contributed by atoms with van der Waals surface area (Å²) in [4.78, 5) is 0. The van der Waals surface area contributed by atoms with Gasteiger partial charge in [-0.1, -0.05) is 0 Å². The highest BCUT2D eigenvalue weighted by Gasteiger charge is 1.99.